The molecule has 0 aliphatic heterocycles. The fourth-order valence-corrected chi connectivity index (χ4v) is 4.13. The van der Waals surface area contributed by atoms with E-state index in [1.54, 1.807) is 36.5 Å². The molecular formula is C21H13Cl2N3O4S. The van der Waals surface area contributed by atoms with Crippen molar-refractivity contribution in [1.29, 1.82) is 0 Å². The van der Waals surface area contributed by atoms with Crippen LogP contribution in [0.2, 0.25) is 10.0 Å². The molecule has 0 aliphatic rings. The molecular weight excluding hydrogens is 461 g/mol. The third kappa shape index (κ3) is 4.93. The number of furan rings is 1. The van der Waals surface area contributed by atoms with Gasteiger partial charge in [-0.05, 0) is 42.0 Å². The quantitative estimate of drug-likeness (QED) is 0.255. The zero-order valence-electron chi connectivity index (χ0n) is 15.7. The van der Waals surface area contributed by atoms with E-state index in [9.17, 15) is 14.9 Å². The summed E-state index contributed by atoms with van der Waals surface area (Å²) in [6.07, 6.45) is 2.24. The number of aromatic nitrogens is 1. The number of hydrogen-bond donors (Lipinski definition) is 1. The number of thiazole rings is 1. The number of halogens is 2. The second-order valence-corrected chi connectivity index (χ2v) is 8.43. The first kappa shape index (κ1) is 21.0. The third-order valence-corrected chi connectivity index (χ3v) is 5.85. The summed E-state index contributed by atoms with van der Waals surface area (Å²) in [5.41, 5.74) is 1.51. The molecule has 10 heteroatoms. The molecule has 0 radical (unpaired) electrons. The zero-order valence-corrected chi connectivity index (χ0v) is 18.0. The van der Waals surface area contributed by atoms with Crippen LogP contribution in [-0.2, 0) is 6.42 Å². The Morgan fingerprint density at radius 2 is 1.90 bits per heavy atom. The Morgan fingerprint density at radius 3 is 2.61 bits per heavy atom. The summed E-state index contributed by atoms with van der Waals surface area (Å²) in [4.78, 5) is 27.9. The van der Waals surface area contributed by atoms with E-state index in [0.717, 1.165) is 10.4 Å². The van der Waals surface area contributed by atoms with E-state index in [4.69, 9.17) is 27.6 Å². The van der Waals surface area contributed by atoms with Gasteiger partial charge >= 0.3 is 0 Å². The second kappa shape index (κ2) is 8.89. The molecule has 31 heavy (non-hydrogen) atoms. The highest BCUT2D eigenvalue weighted by atomic mass is 35.5. The standard InChI is InChI=1S/C21H13Cl2N3O4S/c22-14-4-1-13(17(23)10-14)9-16-11-24-21(31-16)25-20(27)19-8-7-18(30-19)12-2-5-15(6-3-12)26(28)29/h1-8,10-11H,9H2,(H,24,25,27). The van der Waals surface area contributed by atoms with Crippen LogP contribution >= 0.6 is 34.5 Å². The van der Waals surface area contributed by atoms with Gasteiger partial charge in [0.05, 0.1) is 4.92 Å². The van der Waals surface area contributed by atoms with Gasteiger partial charge in [-0.2, -0.15) is 0 Å². The lowest BCUT2D eigenvalue weighted by Crippen LogP contribution is -2.10. The van der Waals surface area contributed by atoms with Gasteiger partial charge in [0.25, 0.3) is 11.6 Å². The number of nitro groups is 1. The lowest BCUT2D eigenvalue weighted by atomic mass is 10.1. The van der Waals surface area contributed by atoms with Gasteiger partial charge in [0.2, 0.25) is 0 Å². The number of nitro benzene ring substituents is 1. The van der Waals surface area contributed by atoms with Crippen molar-refractivity contribution in [1.82, 2.24) is 4.98 Å². The Morgan fingerprint density at radius 1 is 1.13 bits per heavy atom. The van der Waals surface area contributed by atoms with E-state index in [1.165, 1.54) is 29.5 Å². The van der Waals surface area contributed by atoms with Crippen molar-refractivity contribution in [3.05, 3.63) is 97.2 Å². The van der Waals surface area contributed by atoms with Crippen LogP contribution in [-0.4, -0.2) is 15.8 Å². The lowest BCUT2D eigenvalue weighted by molar-refractivity contribution is -0.384. The number of hydrogen-bond acceptors (Lipinski definition) is 6. The molecule has 0 unspecified atom stereocenters. The highest BCUT2D eigenvalue weighted by Gasteiger charge is 2.15. The highest BCUT2D eigenvalue weighted by Crippen LogP contribution is 2.28. The lowest BCUT2D eigenvalue weighted by Gasteiger charge is -2.02. The molecule has 0 aliphatic carbocycles. The van der Waals surface area contributed by atoms with Gasteiger partial charge in [0, 0.05) is 45.2 Å². The molecule has 1 N–H and O–H groups in total. The van der Waals surface area contributed by atoms with E-state index < -0.39 is 10.8 Å². The Bertz CT molecular complexity index is 1270. The van der Waals surface area contributed by atoms with E-state index in [-0.39, 0.29) is 11.4 Å². The van der Waals surface area contributed by atoms with Crippen LogP contribution in [0.3, 0.4) is 0 Å². The van der Waals surface area contributed by atoms with Crippen molar-refractivity contribution >= 4 is 51.3 Å². The van der Waals surface area contributed by atoms with Crippen molar-refractivity contribution < 1.29 is 14.1 Å². The number of rotatable bonds is 6. The maximum atomic E-state index is 12.5. The normalized spacial score (nSPS) is 10.8. The number of nitrogens with zero attached hydrogens (tertiary/aromatic N) is 2. The maximum absolute atomic E-state index is 12.5. The van der Waals surface area contributed by atoms with Gasteiger partial charge in [-0.25, -0.2) is 4.98 Å². The third-order valence-electron chi connectivity index (χ3n) is 4.35. The number of non-ortho nitro benzene ring substituents is 1. The minimum absolute atomic E-state index is 0.0206. The van der Waals surface area contributed by atoms with Crippen LogP contribution < -0.4 is 5.32 Å². The van der Waals surface area contributed by atoms with Crippen LogP contribution in [0.25, 0.3) is 11.3 Å². The minimum atomic E-state index is -0.478. The average Bonchev–Trinajstić information content (AvgIpc) is 3.40. The zero-order chi connectivity index (χ0) is 22.0. The topological polar surface area (TPSA) is 98.3 Å². The molecule has 156 valence electrons. The van der Waals surface area contributed by atoms with Crippen molar-refractivity contribution in [2.75, 3.05) is 5.32 Å². The first-order valence-corrected chi connectivity index (χ1v) is 10.5. The van der Waals surface area contributed by atoms with Crippen LogP contribution in [0.5, 0.6) is 0 Å². The Kier molecular flexibility index (Phi) is 6.03. The second-order valence-electron chi connectivity index (χ2n) is 6.47. The van der Waals surface area contributed by atoms with Crippen molar-refractivity contribution in [3.8, 4) is 11.3 Å². The van der Waals surface area contributed by atoms with E-state index in [0.29, 0.717) is 32.9 Å². The summed E-state index contributed by atoms with van der Waals surface area (Å²) in [7, 11) is 0. The maximum Gasteiger partial charge on any atom is 0.293 e. The molecule has 4 rings (SSSR count). The van der Waals surface area contributed by atoms with Crippen LogP contribution in [0.1, 0.15) is 21.0 Å². The Labute approximate surface area is 190 Å². The van der Waals surface area contributed by atoms with Gasteiger partial charge < -0.3 is 4.42 Å². The number of anilines is 1. The predicted molar refractivity (Wildman–Crippen MR) is 120 cm³/mol. The highest BCUT2D eigenvalue weighted by molar-refractivity contribution is 7.15. The van der Waals surface area contributed by atoms with E-state index in [1.807, 2.05) is 6.07 Å². The molecule has 2 heterocycles. The smallest absolute Gasteiger partial charge is 0.293 e. The van der Waals surface area contributed by atoms with E-state index >= 15 is 0 Å². The molecule has 0 saturated heterocycles. The molecule has 0 saturated carbocycles. The van der Waals surface area contributed by atoms with Gasteiger partial charge in [-0.15, -0.1) is 11.3 Å². The van der Waals surface area contributed by atoms with Gasteiger partial charge in [-0.3, -0.25) is 20.2 Å². The predicted octanol–water partition coefficient (Wildman–Crippen LogP) is 6.46. The Hall–Kier alpha value is -3.20. The summed E-state index contributed by atoms with van der Waals surface area (Å²) in [5.74, 6) is 0.0849. The minimum Gasteiger partial charge on any atom is -0.451 e. The van der Waals surface area contributed by atoms with Crippen molar-refractivity contribution in [2.24, 2.45) is 0 Å². The number of benzene rings is 2. The molecule has 4 aromatic rings. The van der Waals surface area contributed by atoms with Gasteiger partial charge in [0.15, 0.2) is 10.9 Å². The van der Waals surface area contributed by atoms with Crippen molar-refractivity contribution in [3.63, 3.8) is 0 Å². The van der Waals surface area contributed by atoms with Crippen LogP contribution in [0, 0.1) is 10.1 Å². The first-order valence-electron chi connectivity index (χ1n) is 8.94. The van der Waals surface area contributed by atoms with E-state index in [2.05, 4.69) is 10.3 Å². The molecule has 0 atom stereocenters. The number of nitrogens with one attached hydrogen (secondary N) is 1. The van der Waals surface area contributed by atoms with Crippen LogP contribution in [0.4, 0.5) is 10.8 Å². The SMILES string of the molecule is O=C(Nc1ncc(Cc2ccc(Cl)cc2Cl)s1)c1ccc(-c2ccc([N+](=O)[O-])cc2)o1. The fraction of sp³-hybridized carbons (Fsp3) is 0.0476. The summed E-state index contributed by atoms with van der Waals surface area (Å²) in [6, 6.07) is 14.4. The molecule has 1 amide bonds. The molecule has 2 aromatic carbocycles. The number of carbonyl (C=O) groups excluding carboxylic acids is 1. The molecule has 7 nitrogen and oxygen atoms in total. The molecule has 2 aromatic heterocycles. The van der Waals surface area contributed by atoms with Gasteiger partial charge in [0.1, 0.15) is 5.76 Å². The van der Waals surface area contributed by atoms with Crippen LogP contribution in [0.15, 0.2) is 65.2 Å². The van der Waals surface area contributed by atoms with Gasteiger partial charge in [-0.1, -0.05) is 29.3 Å². The Balaban J connectivity index is 1.43. The fourth-order valence-electron chi connectivity index (χ4n) is 2.82. The largest absolute Gasteiger partial charge is 0.451 e. The summed E-state index contributed by atoms with van der Waals surface area (Å²) in [6.45, 7) is 0. The summed E-state index contributed by atoms with van der Waals surface area (Å²) in [5, 5.41) is 15.0. The molecule has 0 bridgehead atoms. The average molecular weight is 474 g/mol. The summed E-state index contributed by atoms with van der Waals surface area (Å²) >= 11 is 13.5. The number of carbonyl (C=O) groups is 1. The number of amides is 1. The first-order chi connectivity index (χ1) is 14.9. The monoisotopic (exact) mass is 473 g/mol. The van der Waals surface area contributed by atoms with Crippen molar-refractivity contribution in [2.45, 2.75) is 6.42 Å². The molecule has 0 fully saturated rings. The molecule has 0 spiro atoms. The summed E-state index contributed by atoms with van der Waals surface area (Å²) < 4.78 is 5.60.